The van der Waals surface area contributed by atoms with Crippen LogP contribution in [0.15, 0.2) is 28.5 Å². The van der Waals surface area contributed by atoms with Crippen molar-refractivity contribution >= 4 is 49.0 Å². The minimum absolute atomic E-state index is 0.204. The largest absolute Gasteiger partial charge is 0.481 e. The Morgan fingerprint density at radius 1 is 1.22 bits per heavy atom. The molecule has 1 heterocycles. The molecule has 1 aliphatic rings. The molecular weight excluding hydrogens is 358 g/mol. The van der Waals surface area contributed by atoms with Gasteiger partial charge in [0.2, 0.25) is 10.0 Å². The van der Waals surface area contributed by atoms with Gasteiger partial charge in [0.15, 0.2) is 0 Å². The van der Waals surface area contributed by atoms with E-state index in [0.29, 0.717) is 30.7 Å². The van der Waals surface area contributed by atoms with Gasteiger partial charge >= 0.3 is 5.97 Å². The summed E-state index contributed by atoms with van der Waals surface area (Å²) in [5.74, 6) is -1.16. The monoisotopic (exact) mass is 373 g/mol. The number of carboxylic acid groups (broad SMARTS) is 1. The predicted octanol–water partition coefficient (Wildman–Crippen LogP) is 3.48. The van der Waals surface area contributed by atoms with Crippen molar-refractivity contribution in [2.45, 2.75) is 35.9 Å². The minimum Gasteiger partial charge on any atom is -0.481 e. The van der Waals surface area contributed by atoms with Gasteiger partial charge in [0.05, 0.1) is 5.92 Å². The van der Waals surface area contributed by atoms with Crippen LogP contribution in [0, 0.1) is 5.92 Å². The third kappa shape index (κ3) is 3.68. The number of sulfonamides is 1. The fourth-order valence-electron chi connectivity index (χ4n) is 2.86. The first kappa shape index (κ1) is 16.7. The van der Waals surface area contributed by atoms with Crippen LogP contribution in [0.25, 0.3) is 10.1 Å². The second kappa shape index (κ2) is 6.39. The van der Waals surface area contributed by atoms with Gasteiger partial charge in [-0.2, -0.15) is 0 Å². The Labute approximate surface area is 143 Å². The first-order valence-electron chi connectivity index (χ1n) is 7.29. The fraction of sp³-hybridized carbons (Fsp3) is 0.400. The summed E-state index contributed by atoms with van der Waals surface area (Å²) in [4.78, 5) is 10.9. The number of nitrogens with one attached hydrogen (secondary N) is 1. The van der Waals surface area contributed by atoms with E-state index in [1.54, 1.807) is 24.3 Å². The van der Waals surface area contributed by atoms with Gasteiger partial charge in [0, 0.05) is 15.8 Å². The molecule has 0 spiro atoms. The second-order valence-corrected chi connectivity index (χ2v) is 9.22. The van der Waals surface area contributed by atoms with E-state index >= 15 is 0 Å². The van der Waals surface area contributed by atoms with Crippen LogP contribution in [0.5, 0.6) is 0 Å². The summed E-state index contributed by atoms with van der Waals surface area (Å²) in [6.45, 7) is 0. The number of rotatable bonds is 4. The molecule has 8 heteroatoms. The van der Waals surface area contributed by atoms with Crippen molar-refractivity contribution in [1.82, 2.24) is 4.72 Å². The van der Waals surface area contributed by atoms with Gasteiger partial charge < -0.3 is 5.11 Å². The Morgan fingerprint density at radius 3 is 2.57 bits per heavy atom. The van der Waals surface area contributed by atoms with Crippen LogP contribution in [0.1, 0.15) is 25.7 Å². The summed E-state index contributed by atoms with van der Waals surface area (Å²) in [6.07, 6.45) is 2.11. The van der Waals surface area contributed by atoms with Crippen LogP contribution >= 0.6 is 22.9 Å². The summed E-state index contributed by atoms with van der Waals surface area (Å²) < 4.78 is 28.9. The fourth-order valence-corrected chi connectivity index (χ4v) is 5.74. The summed E-state index contributed by atoms with van der Waals surface area (Å²) in [5, 5.41) is 10.4. The van der Waals surface area contributed by atoms with Crippen LogP contribution in [-0.2, 0) is 14.8 Å². The van der Waals surface area contributed by atoms with Crippen molar-refractivity contribution in [3.05, 3.63) is 29.3 Å². The average Bonchev–Trinajstić information content (AvgIpc) is 2.91. The SMILES string of the molecule is O=C(O)C1CCC(NS(=O)(=O)c2cc3cc(Cl)ccc3s2)CC1. The number of carboxylic acids is 1. The zero-order valence-corrected chi connectivity index (χ0v) is 14.5. The Hall–Kier alpha value is -1.15. The molecule has 0 amide bonds. The van der Waals surface area contributed by atoms with Gasteiger partial charge in [-0.05, 0) is 55.3 Å². The minimum atomic E-state index is -3.59. The lowest BCUT2D eigenvalue weighted by Crippen LogP contribution is -2.38. The molecule has 5 nitrogen and oxygen atoms in total. The molecule has 1 aromatic carbocycles. The maximum atomic E-state index is 12.5. The lowest BCUT2D eigenvalue weighted by atomic mass is 9.87. The summed E-state index contributed by atoms with van der Waals surface area (Å²) in [5.41, 5.74) is 0. The molecule has 0 aliphatic heterocycles. The lowest BCUT2D eigenvalue weighted by Gasteiger charge is -2.26. The van der Waals surface area contributed by atoms with Crippen molar-refractivity contribution < 1.29 is 18.3 Å². The molecule has 0 radical (unpaired) electrons. The molecule has 1 aromatic heterocycles. The highest BCUT2D eigenvalue weighted by atomic mass is 35.5. The van der Waals surface area contributed by atoms with E-state index in [1.165, 1.54) is 11.3 Å². The average molecular weight is 374 g/mol. The first-order valence-corrected chi connectivity index (χ1v) is 9.97. The Balaban J connectivity index is 1.75. The van der Waals surface area contributed by atoms with Gasteiger partial charge in [-0.1, -0.05) is 11.6 Å². The number of fused-ring (bicyclic) bond motifs is 1. The molecule has 2 aromatic rings. The smallest absolute Gasteiger partial charge is 0.306 e. The zero-order valence-electron chi connectivity index (χ0n) is 12.2. The molecule has 1 saturated carbocycles. The summed E-state index contributed by atoms with van der Waals surface area (Å²) >= 11 is 7.13. The number of halogens is 1. The van der Waals surface area contributed by atoms with E-state index in [1.807, 2.05) is 0 Å². The van der Waals surface area contributed by atoms with E-state index in [-0.39, 0.29) is 16.2 Å². The van der Waals surface area contributed by atoms with Crippen LogP contribution in [0.3, 0.4) is 0 Å². The third-order valence-electron chi connectivity index (χ3n) is 4.12. The molecule has 0 saturated heterocycles. The van der Waals surface area contributed by atoms with E-state index in [2.05, 4.69) is 4.72 Å². The normalized spacial score (nSPS) is 22.3. The van der Waals surface area contributed by atoms with Crippen LogP contribution < -0.4 is 4.72 Å². The maximum absolute atomic E-state index is 12.5. The number of hydrogen-bond acceptors (Lipinski definition) is 4. The number of thiophene rings is 1. The van der Waals surface area contributed by atoms with Crippen molar-refractivity contribution in [3.63, 3.8) is 0 Å². The molecule has 1 fully saturated rings. The second-order valence-electron chi connectivity index (χ2n) is 5.76. The quantitative estimate of drug-likeness (QED) is 0.859. The number of aliphatic carboxylic acids is 1. The Bertz CT molecular complexity index is 838. The molecular formula is C15H16ClNO4S2. The molecule has 23 heavy (non-hydrogen) atoms. The van der Waals surface area contributed by atoms with E-state index < -0.39 is 16.0 Å². The molecule has 124 valence electrons. The lowest BCUT2D eigenvalue weighted by molar-refractivity contribution is -0.142. The summed E-state index contributed by atoms with van der Waals surface area (Å²) in [6, 6.07) is 6.70. The Morgan fingerprint density at radius 2 is 1.91 bits per heavy atom. The van der Waals surface area contributed by atoms with Crippen molar-refractivity contribution in [1.29, 1.82) is 0 Å². The number of benzene rings is 1. The first-order chi connectivity index (χ1) is 10.8. The van der Waals surface area contributed by atoms with E-state index in [0.717, 1.165) is 10.1 Å². The highest BCUT2D eigenvalue weighted by Crippen LogP contribution is 2.32. The van der Waals surface area contributed by atoms with Crippen molar-refractivity contribution in [3.8, 4) is 0 Å². The molecule has 0 bridgehead atoms. The maximum Gasteiger partial charge on any atom is 0.306 e. The summed E-state index contributed by atoms with van der Waals surface area (Å²) in [7, 11) is -3.59. The van der Waals surface area contributed by atoms with Gasteiger partial charge in [-0.3, -0.25) is 4.79 Å². The van der Waals surface area contributed by atoms with Crippen molar-refractivity contribution in [2.24, 2.45) is 5.92 Å². The van der Waals surface area contributed by atoms with E-state index in [9.17, 15) is 13.2 Å². The highest BCUT2D eigenvalue weighted by molar-refractivity contribution is 7.91. The van der Waals surface area contributed by atoms with Gasteiger partial charge in [-0.25, -0.2) is 13.1 Å². The Kier molecular flexibility index (Phi) is 4.64. The molecule has 1 aliphatic carbocycles. The van der Waals surface area contributed by atoms with E-state index in [4.69, 9.17) is 16.7 Å². The number of hydrogen-bond donors (Lipinski definition) is 2. The third-order valence-corrected chi connectivity index (χ3v) is 7.46. The molecule has 0 atom stereocenters. The number of carbonyl (C=O) groups is 1. The standard InChI is InChI=1S/C15H16ClNO4S2/c16-11-3-6-13-10(7-11)8-14(22-13)23(20,21)17-12-4-1-9(2-5-12)15(18)19/h3,6-9,12,17H,1-2,4-5H2,(H,18,19). The predicted molar refractivity (Wildman–Crippen MR) is 90.5 cm³/mol. The molecule has 0 unspecified atom stereocenters. The van der Waals surface area contributed by atoms with Crippen LogP contribution in [0.2, 0.25) is 5.02 Å². The van der Waals surface area contributed by atoms with Crippen LogP contribution in [0.4, 0.5) is 0 Å². The highest BCUT2D eigenvalue weighted by Gasteiger charge is 2.29. The molecule has 2 N–H and O–H groups in total. The van der Waals surface area contributed by atoms with Crippen LogP contribution in [-0.4, -0.2) is 25.5 Å². The zero-order chi connectivity index (χ0) is 16.6. The van der Waals surface area contributed by atoms with Crippen molar-refractivity contribution in [2.75, 3.05) is 0 Å². The van der Waals surface area contributed by atoms with Gasteiger partial charge in [-0.15, -0.1) is 11.3 Å². The molecule has 3 rings (SSSR count). The van der Waals surface area contributed by atoms with Gasteiger partial charge in [0.1, 0.15) is 4.21 Å². The van der Waals surface area contributed by atoms with Gasteiger partial charge in [0.25, 0.3) is 0 Å². The topological polar surface area (TPSA) is 83.5 Å².